The first-order valence-electron chi connectivity index (χ1n) is 8.55. The molecule has 0 spiro atoms. The number of amides is 1. The molecular weight excluding hydrogens is 471 g/mol. The number of rotatable bonds is 6. The standard InChI is InChI=1S/C18H19BrCl2N4OS/c19-13-8-22-18(23-9-13)27-11-17(26)24-14-3-5-25(6-4-14)10-12-1-2-15(20)16(21)7-12/h1-2,7-9,14H,3-6,10-11H2,(H,24,26). The van der Waals surface area contributed by atoms with Crippen LogP contribution in [0.5, 0.6) is 0 Å². The molecule has 27 heavy (non-hydrogen) atoms. The second-order valence-electron chi connectivity index (χ2n) is 6.34. The highest BCUT2D eigenvalue weighted by Gasteiger charge is 2.21. The van der Waals surface area contributed by atoms with Gasteiger partial charge in [-0.3, -0.25) is 9.69 Å². The lowest BCUT2D eigenvalue weighted by Crippen LogP contribution is -2.44. The molecule has 1 saturated heterocycles. The fourth-order valence-electron chi connectivity index (χ4n) is 2.91. The summed E-state index contributed by atoms with van der Waals surface area (Å²) >= 11 is 16.7. The molecule has 0 aliphatic carbocycles. The zero-order valence-electron chi connectivity index (χ0n) is 14.5. The van der Waals surface area contributed by atoms with Gasteiger partial charge >= 0.3 is 0 Å². The first-order chi connectivity index (χ1) is 13.0. The van der Waals surface area contributed by atoms with Crippen molar-refractivity contribution < 1.29 is 4.79 Å². The Hall–Kier alpha value is -0.860. The summed E-state index contributed by atoms with van der Waals surface area (Å²) in [5.41, 5.74) is 1.15. The largest absolute Gasteiger partial charge is 0.353 e. The van der Waals surface area contributed by atoms with E-state index in [1.807, 2.05) is 18.2 Å². The van der Waals surface area contributed by atoms with Crippen LogP contribution in [0, 0.1) is 0 Å². The Morgan fingerprint density at radius 3 is 2.59 bits per heavy atom. The number of hydrogen-bond acceptors (Lipinski definition) is 5. The molecule has 0 saturated carbocycles. The van der Waals surface area contributed by atoms with Crippen molar-refractivity contribution in [3.63, 3.8) is 0 Å². The third-order valence-corrected chi connectivity index (χ3v) is 6.30. The topological polar surface area (TPSA) is 58.1 Å². The van der Waals surface area contributed by atoms with Crippen molar-refractivity contribution in [3.8, 4) is 0 Å². The Morgan fingerprint density at radius 1 is 1.22 bits per heavy atom. The normalized spacial score (nSPS) is 15.7. The minimum Gasteiger partial charge on any atom is -0.353 e. The van der Waals surface area contributed by atoms with E-state index < -0.39 is 0 Å². The molecule has 1 fully saturated rings. The molecule has 3 rings (SSSR count). The van der Waals surface area contributed by atoms with Crippen LogP contribution in [0.3, 0.4) is 0 Å². The molecule has 2 aromatic rings. The molecule has 1 amide bonds. The van der Waals surface area contributed by atoms with Crippen LogP contribution in [0.1, 0.15) is 18.4 Å². The Kier molecular flexibility index (Phi) is 7.78. The molecule has 1 aliphatic heterocycles. The molecule has 1 aliphatic rings. The number of aromatic nitrogens is 2. The molecule has 2 heterocycles. The molecule has 0 radical (unpaired) electrons. The van der Waals surface area contributed by atoms with E-state index in [1.165, 1.54) is 11.8 Å². The maximum Gasteiger partial charge on any atom is 0.230 e. The van der Waals surface area contributed by atoms with Crippen LogP contribution in [0.2, 0.25) is 10.0 Å². The number of piperidine rings is 1. The highest BCUT2D eigenvalue weighted by Crippen LogP contribution is 2.24. The lowest BCUT2D eigenvalue weighted by molar-refractivity contribution is -0.119. The lowest BCUT2D eigenvalue weighted by atomic mass is 10.0. The quantitative estimate of drug-likeness (QED) is 0.480. The molecule has 0 bridgehead atoms. The summed E-state index contributed by atoms with van der Waals surface area (Å²) in [5, 5.41) is 4.88. The number of likely N-dealkylation sites (tertiary alicyclic amines) is 1. The minimum absolute atomic E-state index is 0.0226. The molecule has 144 valence electrons. The number of hydrogen-bond donors (Lipinski definition) is 1. The van der Waals surface area contributed by atoms with E-state index in [2.05, 4.69) is 36.1 Å². The lowest BCUT2D eigenvalue weighted by Gasteiger charge is -2.32. The van der Waals surface area contributed by atoms with Crippen LogP contribution in [0.15, 0.2) is 40.2 Å². The van der Waals surface area contributed by atoms with Crippen molar-refractivity contribution in [3.05, 3.63) is 50.7 Å². The van der Waals surface area contributed by atoms with Gasteiger partial charge in [0.1, 0.15) is 0 Å². The van der Waals surface area contributed by atoms with E-state index in [0.717, 1.165) is 42.5 Å². The summed E-state index contributed by atoms with van der Waals surface area (Å²) in [7, 11) is 0. The second-order valence-corrected chi connectivity index (χ2v) is 9.01. The van der Waals surface area contributed by atoms with Gasteiger partial charge in [-0.25, -0.2) is 9.97 Å². The molecule has 1 aromatic carbocycles. The number of thioether (sulfide) groups is 1. The number of nitrogens with zero attached hydrogens (tertiary/aromatic N) is 3. The van der Waals surface area contributed by atoms with E-state index in [4.69, 9.17) is 23.2 Å². The van der Waals surface area contributed by atoms with Gasteiger partial charge in [0.2, 0.25) is 5.91 Å². The number of halogens is 3. The van der Waals surface area contributed by atoms with Crippen LogP contribution in [0.25, 0.3) is 0 Å². The van der Waals surface area contributed by atoms with Crippen molar-refractivity contribution in [2.45, 2.75) is 30.6 Å². The Morgan fingerprint density at radius 2 is 1.93 bits per heavy atom. The Bertz CT molecular complexity index is 785. The third-order valence-electron chi connectivity index (χ3n) is 4.27. The van der Waals surface area contributed by atoms with Gasteiger partial charge in [-0.15, -0.1) is 0 Å². The first-order valence-corrected chi connectivity index (χ1v) is 11.1. The number of carbonyl (C=O) groups excluding carboxylic acids is 1. The van der Waals surface area contributed by atoms with Gasteiger partial charge in [-0.1, -0.05) is 41.0 Å². The van der Waals surface area contributed by atoms with Crippen molar-refractivity contribution in [2.24, 2.45) is 0 Å². The smallest absolute Gasteiger partial charge is 0.230 e. The van der Waals surface area contributed by atoms with Crippen molar-refractivity contribution >= 4 is 56.8 Å². The first kappa shape index (κ1) is 20.9. The van der Waals surface area contributed by atoms with Crippen molar-refractivity contribution in [1.29, 1.82) is 0 Å². The molecule has 0 atom stereocenters. The van der Waals surface area contributed by atoms with E-state index >= 15 is 0 Å². The summed E-state index contributed by atoms with van der Waals surface area (Å²) in [6.07, 6.45) is 5.23. The predicted octanol–water partition coefficient (Wildman–Crippen LogP) is 4.42. The molecule has 9 heteroatoms. The summed E-state index contributed by atoms with van der Waals surface area (Å²) in [5.74, 6) is 0.347. The van der Waals surface area contributed by atoms with Gasteiger partial charge in [-0.05, 0) is 46.5 Å². The highest BCUT2D eigenvalue weighted by molar-refractivity contribution is 9.10. The average Bonchev–Trinajstić information content (AvgIpc) is 2.66. The second kappa shape index (κ2) is 10.1. The highest BCUT2D eigenvalue weighted by atomic mass is 79.9. The fraction of sp³-hybridized carbons (Fsp3) is 0.389. The van der Waals surface area contributed by atoms with Crippen LogP contribution >= 0.6 is 50.9 Å². The summed E-state index contributed by atoms with van der Waals surface area (Å²) < 4.78 is 0.823. The monoisotopic (exact) mass is 488 g/mol. The number of nitrogens with one attached hydrogen (secondary N) is 1. The summed E-state index contributed by atoms with van der Waals surface area (Å²) in [4.78, 5) is 22.8. The van der Waals surface area contributed by atoms with Gasteiger partial charge in [0.05, 0.1) is 20.3 Å². The number of carbonyl (C=O) groups is 1. The van der Waals surface area contributed by atoms with Gasteiger partial charge in [0.25, 0.3) is 0 Å². The van der Waals surface area contributed by atoms with Gasteiger partial charge in [0.15, 0.2) is 5.16 Å². The van der Waals surface area contributed by atoms with E-state index in [9.17, 15) is 4.79 Å². The molecule has 1 N–H and O–H groups in total. The maximum absolute atomic E-state index is 12.2. The molecule has 5 nitrogen and oxygen atoms in total. The number of benzene rings is 1. The SMILES string of the molecule is O=C(CSc1ncc(Br)cn1)NC1CCN(Cc2ccc(Cl)c(Cl)c2)CC1. The predicted molar refractivity (Wildman–Crippen MR) is 113 cm³/mol. The summed E-state index contributed by atoms with van der Waals surface area (Å²) in [6, 6.07) is 5.97. The minimum atomic E-state index is 0.0226. The average molecular weight is 490 g/mol. The Labute approximate surface area is 181 Å². The fourth-order valence-corrected chi connectivity index (χ4v) is 4.03. The van der Waals surface area contributed by atoms with Crippen molar-refractivity contribution in [2.75, 3.05) is 18.8 Å². The van der Waals surface area contributed by atoms with Gasteiger partial charge < -0.3 is 5.32 Å². The zero-order chi connectivity index (χ0) is 19.2. The molecule has 0 unspecified atom stereocenters. The van der Waals surface area contributed by atoms with E-state index in [1.54, 1.807) is 12.4 Å². The van der Waals surface area contributed by atoms with Crippen LogP contribution < -0.4 is 5.32 Å². The maximum atomic E-state index is 12.2. The van der Waals surface area contributed by atoms with Gasteiger partial charge in [-0.2, -0.15) is 0 Å². The van der Waals surface area contributed by atoms with Gasteiger partial charge in [0, 0.05) is 38.1 Å². The Balaban J connectivity index is 1.39. The van der Waals surface area contributed by atoms with Crippen LogP contribution in [-0.4, -0.2) is 45.7 Å². The zero-order valence-corrected chi connectivity index (χ0v) is 18.4. The van der Waals surface area contributed by atoms with Crippen LogP contribution in [-0.2, 0) is 11.3 Å². The van der Waals surface area contributed by atoms with E-state index in [0.29, 0.717) is 21.0 Å². The van der Waals surface area contributed by atoms with Crippen molar-refractivity contribution in [1.82, 2.24) is 20.2 Å². The molecule has 1 aromatic heterocycles. The summed E-state index contributed by atoms with van der Waals surface area (Å²) in [6.45, 7) is 2.72. The van der Waals surface area contributed by atoms with E-state index in [-0.39, 0.29) is 11.9 Å². The van der Waals surface area contributed by atoms with Crippen LogP contribution in [0.4, 0.5) is 0 Å². The third kappa shape index (κ3) is 6.61. The molecular formula is C18H19BrCl2N4OS.